The van der Waals surface area contributed by atoms with E-state index in [-0.39, 0.29) is 11.3 Å². The van der Waals surface area contributed by atoms with Gasteiger partial charge in [-0.2, -0.15) is 0 Å². The number of aromatic amines is 2. The fourth-order valence-electron chi connectivity index (χ4n) is 3.99. The number of aromatic nitrogens is 3. The number of para-hydroxylation sites is 1. The van der Waals surface area contributed by atoms with Crippen molar-refractivity contribution >= 4 is 34.2 Å². The third-order valence-electron chi connectivity index (χ3n) is 5.33. The Hall–Kier alpha value is -3.58. The molecule has 2 aromatic heterocycles. The van der Waals surface area contributed by atoms with Gasteiger partial charge in [0.1, 0.15) is 5.65 Å². The van der Waals surface area contributed by atoms with E-state index in [0.717, 1.165) is 5.56 Å². The topological polar surface area (TPSA) is 99.8 Å². The molecular formula is C21H15ClN4O3. The molecule has 0 spiro atoms. The summed E-state index contributed by atoms with van der Waals surface area (Å²) in [7, 11) is 1.56. The lowest BCUT2D eigenvalue weighted by Crippen LogP contribution is -2.28. The maximum atomic E-state index is 13.0. The zero-order chi connectivity index (χ0) is 20.3. The molecule has 29 heavy (non-hydrogen) atoms. The lowest BCUT2D eigenvalue weighted by Gasteiger charge is -2.12. The molecule has 0 saturated heterocycles. The molecule has 0 aliphatic carbocycles. The molecule has 1 aliphatic heterocycles. The average Bonchev–Trinajstić information content (AvgIpc) is 3.24. The lowest BCUT2D eigenvalue weighted by atomic mass is 9.89. The van der Waals surface area contributed by atoms with Crippen molar-refractivity contribution in [1.29, 1.82) is 0 Å². The van der Waals surface area contributed by atoms with Crippen molar-refractivity contribution in [2.75, 3.05) is 5.32 Å². The largest absolute Gasteiger partial charge is 0.340 e. The van der Waals surface area contributed by atoms with Gasteiger partial charge in [-0.1, -0.05) is 48.0 Å². The Balaban J connectivity index is 1.95. The van der Waals surface area contributed by atoms with Crippen LogP contribution in [0.4, 0.5) is 5.69 Å². The van der Waals surface area contributed by atoms with E-state index in [1.54, 1.807) is 19.2 Å². The van der Waals surface area contributed by atoms with Crippen LogP contribution in [-0.2, 0) is 11.8 Å². The van der Waals surface area contributed by atoms with Gasteiger partial charge in [0, 0.05) is 28.9 Å². The number of H-pyrrole nitrogens is 2. The highest BCUT2D eigenvalue weighted by molar-refractivity contribution is 6.33. The first-order valence-electron chi connectivity index (χ1n) is 8.97. The molecule has 8 heteroatoms. The molecule has 0 fully saturated rings. The third kappa shape index (κ3) is 2.48. The van der Waals surface area contributed by atoms with Gasteiger partial charge >= 0.3 is 5.69 Å². The van der Waals surface area contributed by atoms with E-state index in [4.69, 9.17) is 11.6 Å². The number of halogens is 1. The molecule has 5 rings (SSSR count). The van der Waals surface area contributed by atoms with Crippen molar-refractivity contribution in [3.05, 3.63) is 85.5 Å². The van der Waals surface area contributed by atoms with Crippen LogP contribution >= 0.6 is 11.6 Å². The number of fused-ring (bicyclic) bond motifs is 2. The number of carbonyl (C=O) groups is 1. The van der Waals surface area contributed by atoms with E-state index in [0.29, 0.717) is 33.2 Å². The highest BCUT2D eigenvalue weighted by Gasteiger charge is 2.37. The van der Waals surface area contributed by atoms with Crippen LogP contribution in [0.25, 0.3) is 22.3 Å². The van der Waals surface area contributed by atoms with Crippen LogP contribution in [0.3, 0.4) is 0 Å². The van der Waals surface area contributed by atoms with Crippen molar-refractivity contribution in [1.82, 2.24) is 14.5 Å². The van der Waals surface area contributed by atoms with E-state index in [1.807, 2.05) is 36.4 Å². The number of aryl methyl sites for hydroxylation is 1. The van der Waals surface area contributed by atoms with Crippen LogP contribution in [0.5, 0.6) is 0 Å². The number of benzene rings is 2. The van der Waals surface area contributed by atoms with Gasteiger partial charge in [0.15, 0.2) is 0 Å². The standard InChI is InChI=1S/C21H15ClN4O3/c1-26-18-16(20(28)25-21(26)29)15(17(24-18)10-6-2-4-8-12(10)22)14-11-7-3-5-9-13(11)23-19(14)27/h2-9,14,24H,1H3,(H,23,27)(H,25,28,29)/t14-/m1/s1. The van der Waals surface area contributed by atoms with Gasteiger partial charge in [0.2, 0.25) is 5.91 Å². The SMILES string of the molecule is Cn1c(=O)[nH]c(=O)c2c([C@@H]3C(=O)Nc4ccccc43)c(-c3ccccc3Cl)[nH]c21. The van der Waals surface area contributed by atoms with Gasteiger partial charge in [-0.05, 0) is 17.7 Å². The molecule has 0 unspecified atom stereocenters. The second-order valence-electron chi connectivity index (χ2n) is 6.94. The number of nitrogens with one attached hydrogen (secondary N) is 3. The normalized spacial score (nSPS) is 15.5. The Bertz CT molecular complexity index is 1430. The monoisotopic (exact) mass is 406 g/mol. The van der Waals surface area contributed by atoms with E-state index >= 15 is 0 Å². The number of hydrogen-bond donors (Lipinski definition) is 3. The quantitative estimate of drug-likeness (QED) is 0.477. The molecule has 1 atom stereocenters. The molecule has 4 aromatic rings. The zero-order valence-electron chi connectivity index (χ0n) is 15.2. The maximum Gasteiger partial charge on any atom is 0.329 e. The highest BCUT2D eigenvalue weighted by Crippen LogP contribution is 2.44. The van der Waals surface area contributed by atoms with Crippen LogP contribution < -0.4 is 16.6 Å². The first kappa shape index (κ1) is 17.5. The minimum Gasteiger partial charge on any atom is -0.340 e. The molecule has 3 N–H and O–H groups in total. The first-order chi connectivity index (χ1) is 14.0. The van der Waals surface area contributed by atoms with Gasteiger partial charge in [-0.3, -0.25) is 19.1 Å². The van der Waals surface area contributed by atoms with Crippen LogP contribution in [0.15, 0.2) is 58.1 Å². The highest BCUT2D eigenvalue weighted by atomic mass is 35.5. The Morgan fingerprint density at radius 2 is 1.69 bits per heavy atom. The summed E-state index contributed by atoms with van der Waals surface area (Å²) >= 11 is 6.44. The number of rotatable bonds is 2. The number of anilines is 1. The molecule has 1 aliphatic rings. The van der Waals surface area contributed by atoms with Crippen LogP contribution in [0, 0.1) is 0 Å². The third-order valence-corrected chi connectivity index (χ3v) is 5.66. The molecule has 0 saturated carbocycles. The summed E-state index contributed by atoms with van der Waals surface area (Å²) in [6.07, 6.45) is 0. The number of carbonyl (C=O) groups excluding carboxylic acids is 1. The Labute approximate surface area is 169 Å². The summed E-state index contributed by atoms with van der Waals surface area (Å²) in [5.41, 5.74) is 2.37. The maximum absolute atomic E-state index is 13.0. The first-order valence-corrected chi connectivity index (χ1v) is 9.34. The molecule has 144 valence electrons. The second-order valence-corrected chi connectivity index (χ2v) is 7.35. The predicted octanol–water partition coefficient (Wildman–Crippen LogP) is 2.96. The van der Waals surface area contributed by atoms with Crippen molar-refractivity contribution in [3.8, 4) is 11.3 Å². The molecule has 0 bridgehead atoms. The zero-order valence-corrected chi connectivity index (χ0v) is 16.0. The van der Waals surface area contributed by atoms with E-state index < -0.39 is 17.2 Å². The Morgan fingerprint density at radius 3 is 2.48 bits per heavy atom. The molecule has 7 nitrogen and oxygen atoms in total. The van der Waals surface area contributed by atoms with E-state index in [9.17, 15) is 14.4 Å². The van der Waals surface area contributed by atoms with E-state index in [2.05, 4.69) is 15.3 Å². The summed E-state index contributed by atoms with van der Waals surface area (Å²) in [6.45, 7) is 0. The fourth-order valence-corrected chi connectivity index (χ4v) is 4.22. The second kappa shape index (κ2) is 6.22. The van der Waals surface area contributed by atoms with E-state index in [1.165, 1.54) is 4.57 Å². The summed E-state index contributed by atoms with van der Waals surface area (Å²) in [4.78, 5) is 43.4. The summed E-state index contributed by atoms with van der Waals surface area (Å²) in [5, 5.41) is 3.60. The van der Waals surface area contributed by atoms with Crippen LogP contribution in [-0.4, -0.2) is 20.4 Å². The van der Waals surface area contributed by atoms with Crippen molar-refractivity contribution in [3.63, 3.8) is 0 Å². The smallest absolute Gasteiger partial charge is 0.329 e. The number of amides is 1. The molecular weight excluding hydrogens is 392 g/mol. The Morgan fingerprint density at radius 1 is 0.966 bits per heavy atom. The summed E-state index contributed by atoms with van der Waals surface area (Å²) < 4.78 is 1.32. The molecule has 1 amide bonds. The van der Waals surface area contributed by atoms with Gasteiger partial charge in [-0.25, -0.2) is 4.79 Å². The minimum absolute atomic E-state index is 0.242. The summed E-state index contributed by atoms with van der Waals surface area (Å²) in [5.74, 6) is -0.960. The van der Waals surface area contributed by atoms with Gasteiger partial charge in [0.25, 0.3) is 5.56 Å². The fraction of sp³-hybridized carbons (Fsp3) is 0.0952. The number of hydrogen-bond acceptors (Lipinski definition) is 3. The van der Waals surface area contributed by atoms with Gasteiger partial charge in [-0.15, -0.1) is 0 Å². The molecule has 3 heterocycles. The molecule has 0 radical (unpaired) electrons. The van der Waals surface area contributed by atoms with Gasteiger partial charge in [0.05, 0.1) is 17.0 Å². The lowest BCUT2D eigenvalue weighted by molar-refractivity contribution is -0.116. The van der Waals surface area contributed by atoms with Crippen LogP contribution in [0.2, 0.25) is 5.02 Å². The predicted molar refractivity (Wildman–Crippen MR) is 112 cm³/mol. The summed E-state index contributed by atoms with van der Waals surface area (Å²) in [6, 6.07) is 14.5. The van der Waals surface area contributed by atoms with Crippen molar-refractivity contribution in [2.45, 2.75) is 5.92 Å². The van der Waals surface area contributed by atoms with Crippen molar-refractivity contribution < 1.29 is 4.79 Å². The van der Waals surface area contributed by atoms with Crippen molar-refractivity contribution in [2.24, 2.45) is 7.05 Å². The van der Waals surface area contributed by atoms with Gasteiger partial charge < -0.3 is 10.3 Å². The molecule has 2 aromatic carbocycles. The minimum atomic E-state index is -0.718. The number of nitrogens with zero attached hydrogens (tertiary/aromatic N) is 1. The van der Waals surface area contributed by atoms with Crippen LogP contribution in [0.1, 0.15) is 17.0 Å². The Kier molecular flexibility index (Phi) is 3.75. The average molecular weight is 407 g/mol.